The molecular weight excluding hydrogens is 582 g/mol. The van der Waals surface area contributed by atoms with Crippen LogP contribution >= 0.6 is 0 Å². The topological polar surface area (TPSA) is 238 Å². The molecule has 0 spiro atoms. The van der Waals surface area contributed by atoms with E-state index in [2.05, 4.69) is 15.0 Å². The lowest BCUT2D eigenvalue weighted by atomic mass is 10.3. The summed E-state index contributed by atoms with van der Waals surface area (Å²) in [5.41, 5.74) is 0. The molecule has 0 radical (unpaired) electrons. The van der Waals surface area contributed by atoms with Gasteiger partial charge in [-0.05, 0) is 72.8 Å². The van der Waals surface area contributed by atoms with E-state index < -0.39 is 63.1 Å². The summed E-state index contributed by atoms with van der Waals surface area (Å²) in [6.07, 6.45) is 0. The lowest BCUT2D eigenvalue weighted by Gasteiger charge is -2.11. The number of hydrogen-bond acceptors (Lipinski definition) is 15. The van der Waals surface area contributed by atoms with Crippen LogP contribution in [0.3, 0.4) is 0 Å². The third-order valence-electron chi connectivity index (χ3n) is 4.54. The van der Waals surface area contributed by atoms with Crippen molar-refractivity contribution < 1.29 is 53.1 Å². The second kappa shape index (κ2) is 10.5. The summed E-state index contributed by atoms with van der Waals surface area (Å²) in [5.74, 6) is 0.00142. The van der Waals surface area contributed by atoms with E-state index >= 15 is 0 Å². The van der Waals surface area contributed by atoms with Gasteiger partial charge >= 0.3 is 18.0 Å². The molecule has 0 N–H and O–H groups in total. The Morgan fingerprint density at radius 2 is 0.615 bits per heavy atom. The number of ether oxygens (including phenoxy) is 3. The van der Waals surface area contributed by atoms with Gasteiger partial charge in [0.05, 0.1) is 14.7 Å². The first-order valence-corrected chi connectivity index (χ1v) is 14.4. The van der Waals surface area contributed by atoms with Crippen molar-refractivity contribution in [1.82, 2.24) is 15.0 Å². The Kier molecular flexibility index (Phi) is 7.50. The van der Waals surface area contributed by atoms with Gasteiger partial charge in [-0.25, -0.2) is 25.3 Å². The molecule has 204 valence electrons. The smallest absolute Gasteiger partial charge is 0.331 e. The van der Waals surface area contributed by atoms with Gasteiger partial charge in [0, 0.05) is 0 Å². The molecule has 0 fully saturated rings. The standard InChI is InChI=1S/C21H15N3O12S3/c25-37(26,27)16-7-1-13(2-8-16)34-19-22-20(35-14-3-9-17(10-4-14)38(28,29)30)24-21(23-19)36-15-5-11-18(12-6-15)39(31,32)33/h1-12H,(H,25,26,27)(H,28,29,30)(H,31,32,33)/p-3. The normalized spacial score (nSPS) is 12.1. The highest BCUT2D eigenvalue weighted by Crippen LogP contribution is 2.28. The zero-order chi connectivity index (χ0) is 28.4. The monoisotopic (exact) mass is 594 g/mol. The highest BCUT2D eigenvalue weighted by molar-refractivity contribution is 7.86. The second-order valence-corrected chi connectivity index (χ2v) is 11.4. The maximum Gasteiger partial charge on any atom is 0.331 e. The Balaban J connectivity index is 1.65. The van der Waals surface area contributed by atoms with Crippen LogP contribution in [0.2, 0.25) is 0 Å². The number of aromatic nitrogens is 3. The van der Waals surface area contributed by atoms with E-state index in [1.54, 1.807) is 0 Å². The van der Waals surface area contributed by atoms with Gasteiger partial charge in [0.15, 0.2) is 0 Å². The van der Waals surface area contributed by atoms with E-state index in [9.17, 15) is 38.9 Å². The van der Waals surface area contributed by atoms with Gasteiger partial charge in [-0.2, -0.15) is 0 Å². The van der Waals surface area contributed by atoms with E-state index in [-0.39, 0.29) is 17.2 Å². The zero-order valence-electron chi connectivity index (χ0n) is 18.9. The first-order chi connectivity index (χ1) is 18.2. The molecule has 4 rings (SSSR count). The fourth-order valence-corrected chi connectivity index (χ4v) is 4.20. The van der Waals surface area contributed by atoms with Crippen LogP contribution in [0.15, 0.2) is 87.5 Å². The Hall–Kier alpha value is -4.20. The van der Waals surface area contributed by atoms with Crippen molar-refractivity contribution in [3.05, 3.63) is 72.8 Å². The van der Waals surface area contributed by atoms with Crippen LogP contribution < -0.4 is 14.2 Å². The Labute approximate surface area is 220 Å². The summed E-state index contributed by atoms with van der Waals surface area (Å²) in [6.45, 7) is 0. The van der Waals surface area contributed by atoms with Crippen LogP contribution in [-0.4, -0.2) is 53.9 Å². The molecule has 15 nitrogen and oxygen atoms in total. The number of nitrogens with zero attached hydrogens (tertiary/aromatic N) is 3. The van der Waals surface area contributed by atoms with E-state index in [1.165, 1.54) is 0 Å². The lowest BCUT2D eigenvalue weighted by Crippen LogP contribution is -2.02. The Bertz CT molecular complexity index is 1600. The molecule has 0 aliphatic carbocycles. The minimum Gasteiger partial charge on any atom is -0.744 e. The first kappa shape index (κ1) is 27.8. The van der Waals surface area contributed by atoms with E-state index in [0.29, 0.717) is 0 Å². The average Bonchev–Trinajstić information content (AvgIpc) is 2.83. The SMILES string of the molecule is O=S(=O)([O-])c1ccc(Oc2nc(Oc3ccc(S(=O)(=O)[O-])cc3)nc(Oc3ccc(S(=O)(=O)[O-])cc3)n2)cc1. The fourth-order valence-electron chi connectivity index (χ4n) is 2.80. The molecule has 18 heteroatoms. The molecule has 0 bridgehead atoms. The van der Waals surface area contributed by atoms with Crippen LogP contribution in [0.5, 0.6) is 35.3 Å². The lowest BCUT2D eigenvalue weighted by molar-refractivity contribution is 0.362. The molecule has 0 saturated heterocycles. The third-order valence-corrected chi connectivity index (χ3v) is 7.09. The summed E-state index contributed by atoms with van der Waals surface area (Å²) >= 11 is 0. The van der Waals surface area contributed by atoms with E-state index in [4.69, 9.17) is 14.2 Å². The first-order valence-electron chi connectivity index (χ1n) is 10.1. The van der Waals surface area contributed by atoms with Gasteiger partial charge in [-0.15, -0.1) is 15.0 Å². The maximum absolute atomic E-state index is 11.1. The Morgan fingerprint density at radius 1 is 0.410 bits per heavy atom. The maximum atomic E-state index is 11.1. The van der Waals surface area contributed by atoms with Crippen LogP contribution in [0, 0.1) is 0 Å². The van der Waals surface area contributed by atoms with Gasteiger partial charge in [0.1, 0.15) is 47.6 Å². The van der Waals surface area contributed by atoms with Crippen LogP contribution in [0.4, 0.5) is 0 Å². The molecule has 0 amide bonds. The van der Waals surface area contributed by atoms with Gasteiger partial charge in [0.25, 0.3) is 0 Å². The molecule has 1 heterocycles. The van der Waals surface area contributed by atoms with Crippen LogP contribution in [0.1, 0.15) is 0 Å². The predicted molar refractivity (Wildman–Crippen MR) is 123 cm³/mol. The summed E-state index contributed by atoms with van der Waals surface area (Å²) in [4.78, 5) is 10.3. The highest BCUT2D eigenvalue weighted by Gasteiger charge is 2.14. The second-order valence-electron chi connectivity index (χ2n) is 7.27. The molecule has 0 aliphatic rings. The quantitative estimate of drug-likeness (QED) is 0.252. The zero-order valence-corrected chi connectivity index (χ0v) is 21.3. The minimum atomic E-state index is -4.70. The Morgan fingerprint density at radius 3 is 0.795 bits per heavy atom. The van der Waals surface area contributed by atoms with Crippen LogP contribution in [0.25, 0.3) is 0 Å². The molecule has 0 saturated carbocycles. The molecular formula is C21H12N3O12S3-3. The summed E-state index contributed by atoms with van der Waals surface area (Å²) in [6, 6.07) is 11.5. The van der Waals surface area contributed by atoms with Crippen LogP contribution in [-0.2, 0) is 30.4 Å². The van der Waals surface area contributed by atoms with Crippen molar-refractivity contribution in [2.45, 2.75) is 14.7 Å². The molecule has 1 aromatic heterocycles. The van der Waals surface area contributed by atoms with Gasteiger partial charge < -0.3 is 27.9 Å². The average molecular weight is 595 g/mol. The molecule has 0 unspecified atom stereocenters. The molecule has 4 aromatic rings. The minimum absolute atomic E-state index is 0.000473. The molecule has 0 atom stereocenters. The van der Waals surface area contributed by atoms with E-state index in [0.717, 1.165) is 72.8 Å². The molecule has 39 heavy (non-hydrogen) atoms. The predicted octanol–water partition coefficient (Wildman–Crippen LogP) is 1.96. The summed E-state index contributed by atoms with van der Waals surface area (Å²) < 4.78 is 117. The number of benzene rings is 3. The van der Waals surface area contributed by atoms with Crippen molar-refractivity contribution in [3.63, 3.8) is 0 Å². The molecule has 0 aliphatic heterocycles. The van der Waals surface area contributed by atoms with Crippen molar-refractivity contribution >= 4 is 30.4 Å². The number of hydrogen-bond donors (Lipinski definition) is 0. The summed E-state index contributed by atoms with van der Waals surface area (Å²) in [5, 5.41) is 0. The fraction of sp³-hybridized carbons (Fsp3) is 0. The largest absolute Gasteiger partial charge is 0.744 e. The third kappa shape index (κ3) is 7.44. The molecule has 3 aromatic carbocycles. The van der Waals surface area contributed by atoms with Crippen molar-refractivity contribution in [1.29, 1.82) is 0 Å². The van der Waals surface area contributed by atoms with Gasteiger partial charge in [0.2, 0.25) is 0 Å². The highest BCUT2D eigenvalue weighted by atomic mass is 32.2. The van der Waals surface area contributed by atoms with Crippen molar-refractivity contribution in [3.8, 4) is 35.3 Å². The van der Waals surface area contributed by atoms with Crippen molar-refractivity contribution in [2.24, 2.45) is 0 Å². The number of rotatable bonds is 9. The van der Waals surface area contributed by atoms with Gasteiger partial charge in [-0.1, -0.05) is 0 Å². The van der Waals surface area contributed by atoms with Crippen molar-refractivity contribution in [2.75, 3.05) is 0 Å². The summed E-state index contributed by atoms with van der Waals surface area (Å²) in [7, 11) is -14.1. The van der Waals surface area contributed by atoms with E-state index in [1.807, 2.05) is 0 Å². The van der Waals surface area contributed by atoms with Gasteiger partial charge in [-0.3, -0.25) is 0 Å².